The first kappa shape index (κ1) is 16.0. The number of hydrogen-bond acceptors (Lipinski definition) is 5. The quantitative estimate of drug-likeness (QED) is 0.772. The fourth-order valence-electron chi connectivity index (χ4n) is 2.16. The van der Waals surface area contributed by atoms with Gasteiger partial charge in [-0.05, 0) is 26.7 Å². The Morgan fingerprint density at radius 3 is 2.53 bits per heavy atom. The molecule has 0 aromatic carbocycles. The summed E-state index contributed by atoms with van der Waals surface area (Å²) in [5, 5.41) is 4.21. The van der Waals surface area contributed by atoms with Crippen molar-refractivity contribution in [2.45, 2.75) is 53.5 Å². The van der Waals surface area contributed by atoms with Gasteiger partial charge in [-0.25, -0.2) is 9.78 Å². The van der Waals surface area contributed by atoms with Crippen LogP contribution < -0.4 is 5.32 Å². The Labute approximate surface area is 119 Å². The molecule has 0 fully saturated rings. The monoisotopic (exact) mass is 284 g/mol. The largest absolute Gasteiger partial charge is 0.461 e. The van der Waals surface area contributed by atoms with Crippen molar-refractivity contribution in [3.05, 3.63) is 10.6 Å². The molecule has 0 saturated carbocycles. The van der Waals surface area contributed by atoms with E-state index in [0.717, 1.165) is 22.9 Å². The molecule has 1 unspecified atom stereocenters. The zero-order chi connectivity index (χ0) is 14.4. The molecule has 1 aromatic rings. The van der Waals surface area contributed by atoms with Gasteiger partial charge in [0.2, 0.25) is 0 Å². The topological polar surface area (TPSA) is 51.2 Å². The molecule has 1 rings (SSSR count). The van der Waals surface area contributed by atoms with Crippen LogP contribution in [0.2, 0.25) is 0 Å². The second-order valence-corrected chi connectivity index (χ2v) is 5.86. The van der Waals surface area contributed by atoms with Gasteiger partial charge in [-0.3, -0.25) is 0 Å². The van der Waals surface area contributed by atoms with Crippen molar-refractivity contribution in [1.82, 2.24) is 4.98 Å². The van der Waals surface area contributed by atoms with Crippen molar-refractivity contribution in [3.63, 3.8) is 0 Å². The van der Waals surface area contributed by atoms with E-state index >= 15 is 0 Å². The van der Waals surface area contributed by atoms with Gasteiger partial charge in [0.25, 0.3) is 0 Å². The highest BCUT2D eigenvalue weighted by molar-refractivity contribution is 7.15. The molecular formula is C14H24N2O2S. The van der Waals surface area contributed by atoms with Gasteiger partial charge in [0, 0.05) is 10.9 Å². The summed E-state index contributed by atoms with van der Waals surface area (Å²) in [4.78, 5) is 17.0. The summed E-state index contributed by atoms with van der Waals surface area (Å²) in [5.74, 6) is 0.287. The summed E-state index contributed by atoms with van der Waals surface area (Å²) in [6, 6.07) is 0.357. The minimum atomic E-state index is -0.334. The number of ether oxygens (including phenoxy) is 1. The van der Waals surface area contributed by atoms with E-state index in [1.165, 1.54) is 11.3 Å². The van der Waals surface area contributed by atoms with Gasteiger partial charge in [0.15, 0.2) is 10.8 Å². The van der Waals surface area contributed by atoms with E-state index in [9.17, 15) is 4.79 Å². The van der Waals surface area contributed by atoms with Gasteiger partial charge in [0.05, 0.1) is 6.61 Å². The molecule has 5 heteroatoms. The summed E-state index contributed by atoms with van der Waals surface area (Å²) < 4.78 is 4.99. The van der Waals surface area contributed by atoms with E-state index in [1.54, 1.807) is 6.92 Å². The van der Waals surface area contributed by atoms with E-state index in [4.69, 9.17) is 4.74 Å². The molecule has 0 aliphatic carbocycles. The standard InChI is InChI=1S/C14H24N2O2S/c1-6-11(7-2)9(4)15-14-16-12(10(5)19-14)13(17)18-8-3/h9,11H,6-8H2,1-5H3,(H,15,16). The summed E-state index contributed by atoms with van der Waals surface area (Å²) in [5.41, 5.74) is 0.436. The highest BCUT2D eigenvalue weighted by Crippen LogP contribution is 2.25. The molecule has 0 bridgehead atoms. The van der Waals surface area contributed by atoms with Crippen LogP contribution in [0.5, 0.6) is 0 Å². The predicted molar refractivity (Wildman–Crippen MR) is 80.0 cm³/mol. The van der Waals surface area contributed by atoms with Crippen LogP contribution in [0.4, 0.5) is 5.13 Å². The van der Waals surface area contributed by atoms with E-state index in [2.05, 4.69) is 31.1 Å². The highest BCUT2D eigenvalue weighted by Gasteiger charge is 2.19. The molecule has 108 valence electrons. The molecule has 0 radical (unpaired) electrons. The van der Waals surface area contributed by atoms with Crippen LogP contribution in [0.25, 0.3) is 0 Å². The number of hydrogen-bond donors (Lipinski definition) is 1. The van der Waals surface area contributed by atoms with Gasteiger partial charge in [0.1, 0.15) is 0 Å². The van der Waals surface area contributed by atoms with E-state index in [1.807, 2.05) is 6.92 Å². The van der Waals surface area contributed by atoms with Crippen molar-refractivity contribution in [1.29, 1.82) is 0 Å². The Balaban J connectivity index is 2.75. The average molecular weight is 284 g/mol. The minimum absolute atomic E-state index is 0.334. The molecule has 0 spiro atoms. The Morgan fingerprint density at radius 1 is 1.37 bits per heavy atom. The molecule has 0 amide bonds. The van der Waals surface area contributed by atoms with Crippen LogP contribution in [0.15, 0.2) is 0 Å². The zero-order valence-corrected chi connectivity index (χ0v) is 13.3. The predicted octanol–water partition coefficient (Wildman–Crippen LogP) is 3.86. The average Bonchev–Trinajstić information content (AvgIpc) is 2.72. The molecule has 1 N–H and O–H groups in total. The van der Waals surface area contributed by atoms with Gasteiger partial charge < -0.3 is 10.1 Å². The van der Waals surface area contributed by atoms with Crippen LogP contribution in [0.3, 0.4) is 0 Å². The van der Waals surface area contributed by atoms with E-state index in [0.29, 0.717) is 24.3 Å². The maximum Gasteiger partial charge on any atom is 0.358 e. The molecule has 1 atom stereocenters. The number of nitrogens with one attached hydrogen (secondary N) is 1. The second-order valence-electron chi connectivity index (χ2n) is 4.65. The zero-order valence-electron chi connectivity index (χ0n) is 12.4. The number of carbonyl (C=O) groups excluding carboxylic acids is 1. The van der Waals surface area contributed by atoms with Gasteiger partial charge in [-0.15, -0.1) is 11.3 Å². The first-order valence-corrected chi connectivity index (χ1v) is 7.76. The maximum absolute atomic E-state index is 11.7. The number of nitrogens with zero attached hydrogens (tertiary/aromatic N) is 1. The fourth-order valence-corrected chi connectivity index (χ4v) is 3.05. The number of aromatic nitrogens is 1. The smallest absolute Gasteiger partial charge is 0.358 e. The molecule has 0 aliphatic heterocycles. The minimum Gasteiger partial charge on any atom is -0.461 e. The van der Waals surface area contributed by atoms with Gasteiger partial charge in [-0.2, -0.15) is 0 Å². The number of rotatable bonds is 7. The molecule has 4 nitrogen and oxygen atoms in total. The first-order valence-electron chi connectivity index (χ1n) is 6.94. The van der Waals surface area contributed by atoms with Crippen LogP contribution in [0, 0.1) is 12.8 Å². The van der Waals surface area contributed by atoms with Crippen molar-refractivity contribution >= 4 is 22.4 Å². The van der Waals surface area contributed by atoms with E-state index in [-0.39, 0.29) is 5.97 Å². The van der Waals surface area contributed by atoms with Crippen molar-refractivity contribution in [2.75, 3.05) is 11.9 Å². The number of carbonyl (C=O) groups is 1. The van der Waals surface area contributed by atoms with E-state index < -0.39 is 0 Å². The Kier molecular flexibility index (Phi) is 6.28. The first-order chi connectivity index (χ1) is 9.03. The van der Waals surface area contributed by atoms with Gasteiger partial charge >= 0.3 is 5.97 Å². The SMILES string of the molecule is CCOC(=O)c1nc(NC(C)C(CC)CC)sc1C. The Hall–Kier alpha value is -1.10. The Morgan fingerprint density at radius 2 is 2.00 bits per heavy atom. The molecular weight excluding hydrogens is 260 g/mol. The number of aryl methyl sites for hydroxylation is 1. The number of anilines is 1. The van der Waals surface area contributed by atoms with Crippen molar-refractivity contribution < 1.29 is 9.53 Å². The lowest BCUT2D eigenvalue weighted by atomic mass is 9.96. The third-order valence-corrected chi connectivity index (χ3v) is 4.27. The number of thiazole rings is 1. The molecule has 19 heavy (non-hydrogen) atoms. The second kappa shape index (κ2) is 7.48. The van der Waals surface area contributed by atoms with Crippen LogP contribution in [0.1, 0.15) is 55.9 Å². The fraction of sp³-hybridized carbons (Fsp3) is 0.714. The Bertz CT molecular complexity index is 414. The lowest BCUT2D eigenvalue weighted by Gasteiger charge is -2.21. The molecule has 0 saturated heterocycles. The third-order valence-electron chi connectivity index (χ3n) is 3.37. The summed E-state index contributed by atoms with van der Waals surface area (Å²) in [7, 11) is 0. The highest BCUT2D eigenvalue weighted by atomic mass is 32.1. The molecule has 0 aliphatic rings. The van der Waals surface area contributed by atoms with Gasteiger partial charge in [-0.1, -0.05) is 26.7 Å². The van der Waals surface area contributed by atoms with Crippen molar-refractivity contribution in [2.24, 2.45) is 5.92 Å². The third kappa shape index (κ3) is 4.20. The molecule has 1 heterocycles. The lowest BCUT2D eigenvalue weighted by molar-refractivity contribution is 0.0519. The summed E-state index contributed by atoms with van der Waals surface area (Å²) in [6.45, 7) is 10.6. The van der Waals surface area contributed by atoms with Crippen LogP contribution in [-0.2, 0) is 4.74 Å². The lowest BCUT2D eigenvalue weighted by Crippen LogP contribution is -2.24. The molecule has 1 aromatic heterocycles. The summed E-state index contributed by atoms with van der Waals surface area (Å²) in [6.07, 6.45) is 2.28. The summed E-state index contributed by atoms with van der Waals surface area (Å²) >= 11 is 1.51. The van der Waals surface area contributed by atoms with Crippen LogP contribution >= 0.6 is 11.3 Å². The maximum atomic E-state index is 11.7. The van der Waals surface area contributed by atoms with Crippen molar-refractivity contribution in [3.8, 4) is 0 Å². The normalized spacial score (nSPS) is 12.5. The van der Waals surface area contributed by atoms with Crippen LogP contribution in [-0.4, -0.2) is 23.6 Å². The number of esters is 1.